The Morgan fingerprint density at radius 2 is 2.15 bits per heavy atom. The van der Waals surface area contributed by atoms with Crippen molar-refractivity contribution in [2.75, 3.05) is 0 Å². The number of hydrogen-bond donors (Lipinski definition) is 2. The minimum atomic E-state index is -0.0480. The SMILES string of the molecule is CC(C)(C)NCc1cc[nH]c(=O)c1. The predicted molar refractivity (Wildman–Crippen MR) is 53.7 cm³/mol. The average molecular weight is 180 g/mol. The highest BCUT2D eigenvalue weighted by molar-refractivity contribution is 5.09. The molecule has 0 radical (unpaired) electrons. The van der Waals surface area contributed by atoms with Crippen molar-refractivity contribution in [3.05, 3.63) is 34.2 Å². The highest BCUT2D eigenvalue weighted by Crippen LogP contribution is 2.01. The summed E-state index contributed by atoms with van der Waals surface area (Å²) < 4.78 is 0. The Hall–Kier alpha value is -1.09. The highest BCUT2D eigenvalue weighted by atomic mass is 16.1. The number of pyridine rings is 1. The third-order valence-corrected chi connectivity index (χ3v) is 1.66. The lowest BCUT2D eigenvalue weighted by molar-refractivity contribution is 0.424. The van der Waals surface area contributed by atoms with Gasteiger partial charge in [-0.3, -0.25) is 4.79 Å². The maximum Gasteiger partial charge on any atom is 0.248 e. The normalized spacial score (nSPS) is 11.6. The summed E-state index contributed by atoms with van der Waals surface area (Å²) in [5.74, 6) is 0. The Balaban J connectivity index is 2.60. The summed E-state index contributed by atoms with van der Waals surface area (Å²) in [5.41, 5.74) is 1.05. The van der Waals surface area contributed by atoms with Crippen LogP contribution in [0.4, 0.5) is 0 Å². The van der Waals surface area contributed by atoms with Gasteiger partial charge in [0.15, 0.2) is 0 Å². The van der Waals surface area contributed by atoms with E-state index in [4.69, 9.17) is 0 Å². The smallest absolute Gasteiger partial charge is 0.248 e. The molecule has 0 spiro atoms. The molecular weight excluding hydrogens is 164 g/mol. The lowest BCUT2D eigenvalue weighted by atomic mass is 10.1. The fourth-order valence-electron chi connectivity index (χ4n) is 0.966. The van der Waals surface area contributed by atoms with Crippen LogP contribution in [0.2, 0.25) is 0 Å². The van der Waals surface area contributed by atoms with Crippen LogP contribution in [0.5, 0.6) is 0 Å². The van der Waals surface area contributed by atoms with Gasteiger partial charge in [0.1, 0.15) is 0 Å². The molecule has 0 unspecified atom stereocenters. The van der Waals surface area contributed by atoms with Crippen molar-refractivity contribution in [1.82, 2.24) is 10.3 Å². The van der Waals surface area contributed by atoms with Crippen LogP contribution in [0.25, 0.3) is 0 Å². The second kappa shape index (κ2) is 3.75. The number of aromatic amines is 1. The highest BCUT2D eigenvalue weighted by Gasteiger charge is 2.07. The summed E-state index contributed by atoms with van der Waals surface area (Å²) in [6, 6.07) is 3.51. The van der Waals surface area contributed by atoms with E-state index in [0.717, 1.165) is 12.1 Å². The maximum absolute atomic E-state index is 10.9. The lowest BCUT2D eigenvalue weighted by Crippen LogP contribution is -2.35. The molecule has 3 nitrogen and oxygen atoms in total. The van der Waals surface area contributed by atoms with E-state index in [1.165, 1.54) is 0 Å². The summed E-state index contributed by atoms with van der Waals surface area (Å²) in [6.45, 7) is 7.02. The molecule has 0 atom stereocenters. The van der Waals surface area contributed by atoms with E-state index in [1.54, 1.807) is 12.3 Å². The number of aromatic nitrogens is 1. The van der Waals surface area contributed by atoms with Gasteiger partial charge in [-0.25, -0.2) is 0 Å². The second-order valence-electron chi connectivity index (χ2n) is 4.16. The number of H-pyrrole nitrogens is 1. The minimum Gasteiger partial charge on any atom is -0.329 e. The topological polar surface area (TPSA) is 44.9 Å². The van der Waals surface area contributed by atoms with Crippen LogP contribution in [0, 0.1) is 0 Å². The summed E-state index contributed by atoms with van der Waals surface area (Å²) in [6.07, 6.45) is 1.67. The molecule has 0 fully saturated rings. The van der Waals surface area contributed by atoms with Crippen molar-refractivity contribution in [2.45, 2.75) is 32.9 Å². The molecule has 3 heteroatoms. The summed E-state index contributed by atoms with van der Waals surface area (Å²) in [7, 11) is 0. The van der Waals surface area contributed by atoms with Gasteiger partial charge in [-0.05, 0) is 32.4 Å². The fraction of sp³-hybridized carbons (Fsp3) is 0.500. The Morgan fingerprint density at radius 3 is 2.69 bits per heavy atom. The van der Waals surface area contributed by atoms with Gasteiger partial charge in [0, 0.05) is 24.3 Å². The molecule has 1 rings (SSSR count). The quantitative estimate of drug-likeness (QED) is 0.719. The number of rotatable bonds is 2. The molecule has 1 aromatic rings. The van der Waals surface area contributed by atoms with E-state index in [9.17, 15) is 4.79 Å². The van der Waals surface area contributed by atoms with Crippen LogP contribution in [0.3, 0.4) is 0 Å². The van der Waals surface area contributed by atoms with Gasteiger partial charge < -0.3 is 10.3 Å². The van der Waals surface area contributed by atoms with Crippen LogP contribution in [-0.2, 0) is 6.54 Å². The van der Waals surface area contributed by atoms with Gasteiger partial charge in [-0.2, -0.15) is 0 Å². The fourth-order valence-corrected chi connectivity index (χ4v) is 0.966. The van der Waals surface area contributed by atoms with Crippen LogP contribution in [-0.4, -0.2) is 10.5 Å². The third kappa shape index (κ3) is 3.90. The molecule has 72 valence electrons. The summed E-state index contributed by atoms with van der Waals surface area (Å²) in [5, 5.41) is 3.31. The maximum atomic E-state index is 10.9. The number of nitrogens with one attached hydrogen (secondary N) is 2. The Kier molecular flexibility index (Phi) is 2.88. The number of hydrogen-bond acceptors (Lipinski definition) is 2. The van der Waals surface area contributed by atoms with E-state index >= 15 is 0 Å². The van der Waals surface area contributed by atoms with Crippen molar-refractivity contribution in [2.24, 2.45) is 0 Å². The van der Waals surface area contributed by atoms with E-state index in [-0.39, 0.29) is 11.1 Å². The van der Waals surface area contributed by atoms with E-state index < -0.39 is 0 Å². The Labute approximate surface area is 78.2 Å². The molecule has 13 heavy (non-hydrogen) atoms. The predicted octanol–water partition coefficient (Wildman–Crippen LogP) is 1.26. The van der Waals surface area contributed by atoms with Gasteiger partial charge in [0.25, 0.3) is 0 Å². The summed E-state index contributed by atoms with van der Waals surface area (Å²) in [4.78, 5) is 13.5. The van der Waals surface area contributed by atoms with Crippen molar-refractivity contribution >= 4 is 0 Å². The van der Waals surface area contributed by atoms with Crippen molar-refractivity contribution in [3.8, 4) is 0 Å². The van der Waals surface area contributed by atoms with Crippen molar-refractivity contribution in [1.29, 1.82) is 0 Å². The molecule has 2 N–H and O–H groups in total. The molecule has 0 aliphatic carbocycles. The van der Waals surface area contributed by atoms with Crippen LogP contribution < -0.4 is 10.9 Å². The van der Waals surface area contributed by atoms with Gasteiger partial charge in [-0.15, -0.1) is 0 Å². The molecule has 0 bridgehead atoms. The van der Waals surface area contributed by atoms with Gasteiger partial charge in [0.05, 0.1) is 0 Å². The lowest BCUT2D eigenvalue weighted by Gasteiger charge is -2.20. The first-order valence-electron chi connectivity index (χ1n) is 4.40. The van der Waals surface area contributed by atoms with Crippen molar-refractivity contribution < 1.29 is 0 Å². The van der Waals surface area contributed by atoms with Gasteiger partial charge in [0.2, 0.25) is 5.56 Å². The van der Waals surface area contributed by atoms with Crippen LogP contribution in [0.1, 0.15) is 26.3 Å². The molecule has 0 aromatic carbocycles. The molecule has 0 saturated heterocycles. The Morgan fingerprint density at radius 1 is 1.46 bits per heavy atom. The molecule has 0 amide bonds. The standard InChI is InChI=1S/C10H16N2O/c1-10(2,3)12-7-8-4-5-11-9(13)6-8/h4-6,12H,7H2,1-3H3,(H,11,13). The molecule has 0 aliphatic heterocycles. The summed E-state index contributed by atoms with van der Waals surface area (Å²) >= 11 is 0. The van der Waals surface area contributed by atoms with Crippen LogP contribution in [0.15, 0.2) is 23.1 Å². The van der Waals surface area contributed by atoms with Crippen molar-refractivity contribution in [3.63, 3.8) is 0 Å². The van der Waals surface area contributed by atoms with Gasteiger partial charge >= 0.3 is 0 Å². The average Bonchev–Trinajstić information content (AvgIpc) is 2.00. The molecule has 1 heterocycles. The monoisotopic (exact) mass is 180 g/mol. The van der Waals surface area contributed by atoms with E-state index in [0.29, 0.717) is 0 Å². The first kappa shape index (κ1) is 9.99. The first-order valence-corrected chi connectivity index (χ1v) is 4.40. The molecule has 0 saturated carbocycles. The van der Waals surface area contributed by atoms with E-state index in [2.05, 4.69) is 31.1 Å². The van der Waals surface area contributed by atoms with Gasteiger partial charge in [-0.1, -0.05) is 0 Å². The zero-order valence-electron chi connectivity index (χ0n) is 8.35. The second-order valence-corrected chi connectivity index (χ2v) is 4.16. The van der Waals surface area contributed by atoms with Crippen LogP contribution >= 0.6 is 0 Å². The minimum absolute atomic E-state index is 0.0480. The zero-order valence-corrected chi connectivity index (χ0v) is 8.35. The molecule has 1 aromatic heterocycles. The largest absolute Gasteiger partial charge is 0.329 e. The van der Waals surface area contributed by atoms with E-state index in [1.807, 2.05) is 6.07 Å². The molecular formula is C10H16N2O. The third-order valence-electron chi connectivity index (χ3n) is 1.66. The Bertz CT molecular complexity index is 322. The molecule has 0 aliphatic rings. The first-order chi connectivity index (χ1) is 5.97. The zero-order chi connectivity index (χ0) is 9.90.